The molecule has 0 unspecified atom stereocenters. The smallest absolute Gasteiger partial charge is 0.148 e. The van der Waals surface area contributed by atoms with Crippen molar-refractivity contribution >= 4 is 11.6 Å². The van der Waals surface area contributed by atoms with Gasteiger partial charge in [0.05, 0.1) is 0 Å². The molecule has 0 atom stereocenters. The molecule has 0 aliphatic carbocycles. The van der Waals surface area contributed by atoms with Crippen LogP contribution in [0.25, 0.3) is 0 Å². The summed E-state index contributed by atoms with van der Waals surface area (Å²) in [6, 6.07) is 0. The lowest BCUT2D eigenvalue weighted by Crippen LogP contribution is -2.35. The van der Waals surface area contributed by atoms with Crippen LogP contribution in [0.1, 0.15) is 38.7 Å². The van der Waals surface area contributed by atoms with E-state index < -0.39 is 0 Å². The number of rotatable bonds is 4. The van der Waals surface area contributed by atoms with Gasteiger partial charge in [-0.05, 0) is 25.2 Å². The van der Waals surface area contributed by atoms with E-state index in [2.05, 4.69) is 34.1 Å². The third-order valence-corrected chi connectivity index (χ3v) is 3.90. The Kier molecular flexibility index (Phi) is 4.36. The minimum Gasteiger partial charge on any atom is -0.356 e. The monoisotopic (exact) mass is 249 g/mol. The molecule has 0 radical (unpaired) electrons. The number of nitrogens with one attached hydrogen (secondary N) is 1. The molecule has 1 aromatic rings. The van der Waals surface area contributed by atoms with Crippen LogP contribution >= 0.6 is 0 Å². The molecule has 1 saturated heterocycles. The Balaban J connectivity index is 2.18. The number of nitrogen functional groups attached to an aromatic ring is 1. The van der Waals surface area contributed by atoms with Crippen LogP contribution in [0.4, 0.5) is 11.6 Å². The van der Waals surface area contributed by atoms with E-state index in [0.717, 1.165) is 42.6 Å². The van der Waals surface area contributed by atoms with Gasteiger partial charge in [0.1, 0.15) is 18.0 Å². The van der Waals surface area contributed by atoms with E-state index in [0.29, 0.717) is 0 Å². The highest BCUT2D eigenvalue weighted by atomic mass is 15.3. The number of aromatic nitrogens is 2. The molecule has 5 nitrogen and oxygen atoms in total. The van der Waals surface area contributed by atoms with E-state index in [9.17, 15) is 0 Å². The zero-order valence-electron chi connectivity index (χ0n) is 11.3. The van der Waals surface area contributed by atoms with Crippen molar-refractivity contribution in [1.29, 1.82) is 0 Å². The number of nitrogens with two attached hydrogens (primary N) is 1. The molecule has 2 heterocycles. The average molecular weight is 249 g/mol. The Morgan fingerprint density at radius 2 is 2.06 bits per heavy atom. The fourth-order valence-electron chi connectivity index (χ4n) is 2.68. The number of hydrogen-bond donors (Lipinski definition) is 2. The summed E-state index contributed by atoms with van der Waals surface area (Å²) in [5.74, 6) is 8.19. The zero-order chi connectivity index (χ0) is 13.0. The van der Waals surface area contributed by atoms with Crippen molar-refractivity contribution in [3.63, 3.8) is 0 Å². The summed E-state index contributed by atoms with van der Waals surface area (Å²) in [5, 5.41) is 0. The number of piperidine rings is 1. The van der Waals surface area contributed by atoms with Gasteiger partial charge >= 0.3 is 0 Å². The molecule has 0 amide bonds. The van der Waals surface area contributed by atoms with Crippen molar-refractivity contribution < 1.29 is 0 Å². The van der Waals surface area contributed by atoms with Crippen LogP contribution in [0.5, 0.6) is 0 Å². The predicted octanol–water partition coefficient (Wildman–Crippen LogP) is 1.95. The first-order valence-corrected chi connectivity index (χ1v) is 6.85. The molecular weight excluding hydrogens is 226 g/mol. The molecule has 18 heavy (non-hydrogen) atoms. The standard InChI is InChI=1S/C13H23N5/c1-3-10-5-7-18(8-6-10)13-11(4-2)12(17-14)15-9-16-13/h9-10H,3-8,14H2,1-2H3,(H,15,16,17). The molecule has 1 aliphatic rings. The van der Waals surface area contributed by atoms with E-state index in [4.69, 9.17) is 5.84 Å². The Hall–Kier alpha value is -1.36. The van der Waals surface area contributed by atoms with Gasteiger partial charge in [-0.15, -0.1) is 0 Å². The van der Waals surface area contributed by atoms with Crippen LogP contribution in [0.15, 0.2) is 6.33 Å². The normalized spacial score (nSPS) is 16.9. The molecule has 1 aromatic heterocycles. The second-order valence-electron chi connectivity index (χ2n) is 4.86. The lowest BCUT2D eigenvalue weighted by Gasteiger charge is -2.33. The van der Waals surface area contributed by atoms with Crippen LogP contribution in [-0.2, 0) is 6.42 Å². The number of anilines is 2. The molecule has 0 spiro atoms. The van der Waals surface area contributed by atoms with Gasteiger partial charge in [-0.1, -0.05) is 20.3 Å². The Labute approximate surface area is 109 Å². The van der Waals surface area contributed by atoms with Gasteiger partial charge in [0.2, 0.25) is 0 Å². The third-order valence-electron chi connectivity index (χ3n) is 3.90. The van der Waals surface area contributed by atoms with Crippen LogP contribution in [-0.4, -0.2) is 23.1 Å². The minimum absolute atomic E-state index is 0.750. The maximum absolute atomic E-state index is 5.51. The lowest BCUT2D eigenvalue weighted by atomic mass is 9.94. The summed E-state index contributed by atoms with van der Waals surface area (Å²) in [4.78, 5) is 11.0. The molecule has 100 valence electrons. The first-order chi connectivity index (χ1) is 8.80. The van der Waals surface area contributed by atoms with Gasteiger partial charge in [-0.3, -0.25) is 0 Å². The number of hydrazine groups is 1. The van der Waals surface area contributed by atoms with Crippen LogP contribution in [0.3, 0.4) is 0 Å². The van der Waals surface area contributed by atoms with E-state index in [1.54, 1.807) is 6.33 Å². The molecule has 0 bridgehead atoms. The Morgan fingerprint density at radius 3 is 2.61 bits per heavy atom. The van der Waals surface area contributed by atoms with Gasteiger partial charge in [0.15, 0.2) is 0 Å². The Morgan fingerprint density at radius 1 is 1.33 bits per heavy atom. The first kappa shape index (κ1) is 13.1. The molecule has 0 aromatic carbocycles. The van der Waals surface area contributed by atoms with Gasteiger partial charge in [0.25, 0.3) is 0 Å². The molecule has 1 aliphatic heterocycles. The third kappa shape index (κ3) is 2.56. The molecule has 5 heteroatoms. The molecule has 3 N–H and O–H groups in total. The summed E-state index contributed by atoms with van der Waals surface area (Å²) in [6.07, 6.45) is 6.29. The summed E-state index contributed by atoms with van der Waals surface area (Å²) in [6.45, 7) is 6.57. The second kappa shape index (κ2) is 6.00. The molecule has 2 rings (SSSR count). The lowest BCUT2D eigenvalue weighted by molar-refractivity contribution is 0.393. The highest BCUT2D eigenvalue weighted by Gasteiger charge is 2.21. The van der Waals surface area contributed by atoms with Gasteiger partial charge in [-0.2, -0.15) is 0 Å². The molecular formula is C13H23N5. The van der Waals surface area contributed by atoms with Gasteiger partial charge in [0, 0.05) is 18.7 Å². The number of hydrogen-bond acceptors (Lipinski definition) is 5. The summed E-state index contributed by atoms with van der Waals surface area (Å²) < 4.78 is 0. The maximum Gasteiger partial charge on any atom is 0.148 e. The van der Waals surface area contributed by atoms with Crippen molar-refractivity contribution in [3.8, 4) is 0 Å². The van der Waals surface area contributed by atoms with Crippen molar-refractivity contribution in [2.45, 2.75) is 39.5 Å². The van der Waals surface area contributed by atoms with Gasteiger partial charge in [-0.25, -0.2) is 15.8 Å². The van der Waals surface area contributed by atoms with Crippen LogP contribution in [0.2, 0.25) is 0 Å². The highest BCUT2D eigenvalue weighted by Crippen LogP contribution is 2.28. The quantitative estimate of drug-likeness (QED) is 0.630. The van der Waals surface area contributed by atoms with E-state index >= 15 is 0 Å². The second-order valence-corrected chi connectivity index (χ2v) is 4.86. The molecule has 0 saturated carbocycles. The van der Waals surface area contributed by atoms with Crippen molar-refractivity contribution in [3.05, 3.63) is 11.9 Å². The minimum atomic E-state index is 0.750. The van der Waals surface area contributed by atoms with Gasteiger partial charge < -0.3 is 10.3 Å². The summed E-state index contributed by atoms with van der Waals surface area (Å²) in [7, 11) is 0. The van der Waals surface area contributed by atoms with Crippen molar-refractivity contribution in [2.75, 3.05) is 23.4 Å². The molecule has 1 fully saturated rings. The fraction of sp³-hybridized carbons (Fsp3) is 0.692. The first-order valence-electron chi connectivity index (χ1n) is 6.85. The van der Waals surface area contributed by atoms with E-state index in [1.807, 2.05) is 0 Å². The van der Waals surface area contributed by atoms with Crippen molar-refractivity contribution in [2.24, 2.45) is 11.8 Å². The Bertz CT molecular complexity index is 385. The fourth-order valence-corrected chi connectivity index (χ4v) is 2.68. The highest BCUT2D eigenvalue weighted by molar-refractivity contribution is 5.58. The number of nitrogens with zero attached hydrogens (tertiary/aromatic N) is 3. The van der Waals surface area contributed by atoms with E-state index in [-0.39, 0.29) is 0 Å². The van der Waals surface area contributed by atoms with E-state index in [1.165, 1.54) is 19.3 Å². The SMILES string of the molecule is CCc1c(NN)ncnc1N1CCC(CC)CC1. The summed E-state index contributed by atoms with van der Waals surface area (Å²) >= 11 is 0. The van der Waals surface area contributed by atoms with Crippen LogP contribution < -0.4 is 16.2 Å². The van der Waals surface area contributed by atoms with Crippen LogP contribution in [0, 0.1) is 5.92 Å². The van der Waals surface area contributed by atoms with Crippen molar-refractivity contribution in [1.82, 2.24) is 9.97 Å². The topological polar surface area (TPSA) is 67.1 Å². The largest absolute Gasteiger partial charge is 0.356 e. The zero-order valence-corrected chi connectivity index (χ0v) is 11.3. The predicted molar refractivity (Wildman–Crippen MR) is 74.4 cm³/mol. The average Bonchev–Trinajstić information content (AvgIpc) is 2.46. The maximum atomic E-state index is 5.51. The summed E-state index contributed by atoms with van der Waals surface area (Å²) in [5.41, 5.74) is 3.79.